The van der Waals surface area contributed by atoms with Crippen LogP contribution in [0.15, 0.2) is 12.2 Å². The van der Waals surface area contributed by atoms with Gasteiger partial charge in [0.2, 0.25) is 0 Å². The molecule has 1 unspecified atom stereocenters. The number of ether oxygens (including phenoxy) is 3. The van der Waals surface area contributed by atoms with Crippen molar-refractivity contribution in [2.75, 3.05) is 27.1 Å². The lowest BCUT2D eigenvalue weighted by atomic mass is 10.0. The van der Waals surface area contributed by atoms with Crippen molar-refractivity contribution < 1.29 is 23.4 Å². The van der Waals surface area contributed by atoms with Crippen LogP contribution in [0.5, 0.6) is 0 Å². The Morgan fingerprint density at radius 1 is 1.17 bits per heavy atom. The number of carbonyl (C=O) groups is 1. The summed E-state index contributed by atoms with van der Waals surface area (Å²) < 4.78 is 23.0. The Morgan fingerprint density at radius 2 is 1.90 bits per heavy atom. The summed E-state index contributed by atoms with van der Waals surface area (Å²) in [4.78, 5) is 12.2. The highest BCUT2D eigenvalue weighted by Gasteiger charge is 2.43. The fourth-order valence-corrected chi connectivity index (χ4v) is 4.53. The lowest BCUT2D eigenvalue weighted by molar-refractivity contribution is -0.117. The number of hydrogen-bond donors (Lipinski definition) is 0. The largest absolute Gasteiger partial charge is 0.413 e. The molecule has 29 heavy (non-hydrogen) atoms. The quantitative estimate of drug-likeness (QED) is 0.158. The van der Waals surface area contributed by atoms with Crippen molar-refractivity contribution in [1.29, 1.82) is 0 Å². The molecule has 3 atom stereocenters. The van der Waals surface area contributed by atoms with Gasteiger partial charge in [0.1, 0.15) is 12.6 Å². The molecule has 0 aliphatic heterocycles. The zero-order chi connectivity index (χ0) is 21.9. The first-order chi connectivity index (χ1) is 13.6. The molecule has 0 bridgehead atoms. The molecular formula is C23H44O5Si. The Kier molecular flexibility index (Phi) is 11.9. The smallest absolute Gasteiger partial charge is 0.192 e. The van der Waals surface area contributed by atoms with E-state index in [0.29, 0.717) is 31.8 Å². The molecule has 0 heterocycles. The first-order valence-electron chi connectivity index (χ1n) is 11.2. The minimum atomic E-state index is -1.91. The highest BCUT2D eigenvalue weighted by Crippen LogP contribution is 2.40. The number of Topliss-reactive ketones (excluding diaryl/α,β-unsaturated/α-hetero) is 1. The van der Waals surface area contributed by atoms with Crippen LogP contribution in [0.4, 0.5) is 0 Å². The summed E-state index contributed by atoms with van der Waals surface area (Å²) in [6, 6.07) is 0. The molecule has 0 N–H and O–H groups in total. The average Bonchev–Trinajstić information content (AvgIpc) is 2.96. The van der Waals surface area contributed by atoms with Crippen LogP contribution in [0.1, 0.15) is 66.2 Å². The molecule has 170 valence electrons. The molecule has 1 fully saturated rings. The van der Waals surface area contributed by atoms with E-state index in [1.165, 1.54) is 12.8 Å². The second kappa shape index (κ2) is 13.0. The topological polar surface area (TPSA) is 54.0 Å². The van der Waals surface area contributed by atoms with Gasteiger partial charge in [-0.1, -0.05) is 59.1 Å². The summed E-state index contributed by atoms with van der Waals surface area (Å²) in [6.07, 6.45) is 9.85. The molecule has 0 aromatic rings. The molecule has 0 amide bonds. The van der Waals surface area contributed by atoms with Crippen molar-refractivity contribution in [3.05, 3.63) is 12.2 Å². The van der Waals surface area contributed by atoms with Gasteiger partial charge in [0, 0.05) is 25.9 Å². The van der Waals surface area contributed by atoms with Crippen molar-refractivity contribution in [2.24, 2.45) is 5.92 Å². The van der Waals surface area contributed by atoms with Crippen LogP contribution in [0.25, 0.3) is 0 Å². The van der Waals surface area contributed by atoms with E-state index in [2.05, 4.69) is 52.9 Å². The summed E-state index contributed by atoms with van der Waals surface area (Å²) in [6.45, 7) is 14.8. The normalized spacial score (nSPS) is 22.0. The number of hydrogen-bond acceptors (Lipinski definition) is 5. The van der Waals surface area contributed by atoms with Crippen LogP contribution in [-0.2, 0) is 23.4 Å². The molecular weight excluding hydrogens is 384 g/mol. The number of rotatable bonds is 14. The number of carbonyl (C=O) groups excluding carboxylic acids is 1. The van der Waals surface area contributed by atoms with Crippen molar-refractivity contribution in [3.63, 3.8) is 0 Å². The molecule has 1 aliphatic carbocycles. The van der Waals surface area contributed by atoms with E-state index in [0.717, 1.165) is 12.8 Å². The maximum Gasteiger partial charge on any atom is 0.192 e. The van der Waals surface area contributed by atoms with Gasteiger partial charge in [-0.3, -0.25) is 4.79 Å². The molecule has 0 aromatic carbocycles. The standard InChI is InChI=1S/C23H44O5Si/c1-8-9-10-11-21(27-18-26-15-14-25-5)13-12-19-16-20(24)17-22(19)28-29(6,7)23(2,3)4/h12-13,19,21-22H,8-11,14-18H2,1-7H3/b13-12+/t19-,21?,22-/m1/s1. The monoisotopic (exact) mass is 428 g/mol. The van der Waals surface area contributed by atoms with Crippen molar-refractivity contribution in [3.8, 4) is 0 Å². The first kappa shape index (κ1) is 26.5. The Bertz CT molecular complexity index is 498. The fourth-order valence-electron chi connectivity index (χ4n) is 3.16. The van der Waals surface area contributed by atoms with Crippen LogP contribution in [0, 0.1) is 5.92 Å². The molecule has 1 saturated carbocycles. The van der Waals surface area contributed by atoms with Crippen LogP contribution in [-0.4, -0.2) is 53.4 Å². The zero-order valence-corrected chi connectivity index (χ0v) is 20.8. The molecule has 0 radical (unpaired) electrons. The molecule has 5 nitrogen and oxygen atoms in total. The molecule has 0 saturated heterocycles. The van der Waals surface area contributed by atoms with Gasteiger partial charge < -0.3 is 18.6 Å². The summed E-state index contributed by atoms with van der Waals surface area (Å²) >= 11 is 0. The molecule has 1 aliphatic rings. The third-order valence-electron chi connectivity index (χ3n) is 6.08. The molecule has 6 heteroatoms. The minimum absolute atomic E-state index is 0.00566. The van der Waals surface area contributed by atoms with E-state index in [1.54, 1.807) is 7.11 Å². The maximum absolute atomic E-state index is 12.2. The highest BCUT2D eigenvalue weighted by atomic mass is 28.4. The van der Waals surface area contributed by atoms with E-state index < -0.39 is 8.32 Å². The average molecular weight is 429 g/mol. The van der Waals surface area contributed by atoms with Gasteiger partial charge >= 0.3 is 0 Å². The van der Waals surface area contributed by atoms with E-state index in [1.807, 2.05) is 0 Å². The van der Waals surface area contributed by atoms with Gasteiger partial charge in [0.15, 0.2) is 8.32 Å². The predicted molar refractivity (Wildman–Crippen MR) is 121 cm³/mol. The Morgan fingerprint density at radius 3 is 2.52 bits per heavy atom. The van der Waals surface area contributed by atoms with Gasteiger partial charge in [0.25, 0.3) is 0 Å². The SMILES string of the molecule is CCCCCC(/C=C/[C@@H]1CC(=O)C[C@H]1O[Si](C)(C)C(C)(C)C)OCOCCOC. The Balaban J connectivity index is 2.70. The van der Waals surface area contributed by atoms with Crippen LogP contribution < -0.4 is 0 Å². The third kappa shape index (κ3) is 9.88. The molecule has 0 aromatic heterocycles. The highest BCUT2D eigenvalue weighted by molar-refractivity contribution is 6.74. The third-order valence-corrected chi connectivity index (χ3v) is 10.6. The van der Waals surface area contributed by atoms with Crippen LogP contribution >= 0.6 is 0 Å². The Labute approximate surface area is 179 Å². The number of methoxy groups -OCH3 is 1. The van der Waals surface area contributed by atoms with Gasteiger partial charge in [-0.25, -0.2) is 0 Å². The summed E-state index contributed by atoms with van der Waals surface area (Å²) in [5.74, 6) is 0.443. The van der Waals surface area contributed by atoms with Gasteiger partial charge in [0.05, 0.1) is 25.4 Å². The van der Waals surface area contributed by atoms with Crippen molar-refractivity contribution in [2.45, 2.75) is 96.6 Å². The van der Waals surface area contributed by atoms with Gasteiger partial charge in [-0.2, -0.15) is 0 Å². The fraction of sp³-hybridized carbons (Fsp3) is 0.870. The minimum Gasteiger partial charge on any atom is -0.413 e. The second-order valence-corrected chi connectivity index (χ2v) is 14.4. The zero-order valence-electron chi connectivity index (χ0n) is 19.8. The van der Waals surface area contributed by atoms with E-state index in [4.69, 9.17) is 18.6 Å². The van der Waals surface area contributed by atoms with E-state index in [-0.39, 0.29) is 30.0 Å². The number of unbranched alkanes of at least 4 members (excludes halogenated alkanes) is 2. The van der Waals surface area contributed by atoms with Gasteiger partial charge in [-0.05, 0) is 24.6 Å². The summed E-state index contributed by atoms with van der Waals surface area (Å²) in [5.41, 5.74) is 0. The van der Waals surface area contributed by atoms with E-state index >= 15 is 0 Å². The second-order valence-electron chi connectivity index (χ2n) is 9.63. The number of ketones is 1. The van der Waals surface area contributed by atoms with Crippen molar-refractivity contribution >= 4 is 14.1 Å². The predicted octanol–water partition coefficient (Wildman–Crippen LogP) is 5.50. The molecule has 1 rings (SSSR count). The first-order valence-corrected chi connectivity index (χ1v) is 14.1. The lowest BCUT2D eigenvalue weighted by Gasteiger charge is -2.39. The maximum atomic E-state index is 12.2. The summed E-state index contributed by atoms with van der Waals surface area (Å²) in [5, 5.41) is 0.137. The van der Waals surface area contributed by atoms with Crippen LogP contribution in [0.3, 0.4) is 0 Å². The van der Waals surface area contributed by atoms with E-state index in [9.17, 15) is 4.79 Å². The van der Waals surface area contributed by atoms with Crippen LogP contribution in [0.2, 0.25) is 18.1 Å². The van der Waals surface area contributed by atoms with Crippen molar-refractivity contribution in [1.82, 2.24) is 0 Å². The lowest BCUT2D eigenvalue weighted by Crippen LogP contribution is -2.44. The van der Waals surface area contributed by atoms with Gasteiger partial charge in [-0.15, -0.1) is 0 Å². The Hall–Kier alpha value is -0.533. The molecule has 0 spiro atoms. The summed E-state index contributed by atoms with van der Waals surface area (Å²) in [7, 11) is -0.248.